The van der Waals surface area contributed by atoms with E-state index in [1.807, 2.05) is 58.0 Å². The van der Waals surface area contributed by atoms with Gasteiger partial charge in [0.25, 0.3) is 5.91 Å². The van der Waals surface area contributed by atoms with Crippen molar-refractivity contribution in [1.82, 2.24) is 4.57 Å². The van der Waals surface area contributed by atoms with E-state index in [2.05, 4.69) is 5.32 Å². The number of halogens is 2. The van der Waals surface area contributed by atoms with Gasteiger partial charge in [-0.15, -0.1) is 0 Å². The topological polar surface area (TPSA) is 51.1 Å². The SMILES string of the molecule is Cc1c(F)c(=O)c(C(=O)Nc2c(C(C)C)cccc2C(C)C)c(C)n1Cc1ccc(Cl)cc1. The molecule has 0 spiro atoms. The summed E-state index contributed by atoms with van der Waals surface area (Å²) in [6.07, 6.45) is 0. The van der Waals surface area contributed by atoms with Gasteiger partial charge < -0.3 is 9.88 Å². The number of benzene rings is 2. The monoisotopic (exact) mass is 468 g/mol. The smallest absolute Gasteiger partial charge is 0.261 e. The largest absolute Gasteiger partial charge is 0.341 e. The highest BCUT2D eigenvalue weighted by atomic mass is 35.5. The molecule has 0 fully saturated rings. The lowest BCUT2D eigenvalue weighted by Crippen LogP contribution is -2.30. The molecule has 6 heteroatoms. The van der Waals surface area contributed by atoms with Crippen LogP contribution in [0.5, 0.6) is 0 Å². The number of aromatic nitrogens is 1. The average Bonchev–Trinajstić information content (AvgIpc) is 2.76. The third-order valence-corrected chi connectivity index (χ3v) is 6.26. The number of anilines is 1. The standard InChI is InChI=1S/C27H30ClFN2O2/c1-15(2)21-8-7-9-22(16(3)4)25(21)30-27(33)23-17(5)31(18(6)24(29)26(23)32)14-19-10-12-20(28)13-11-19/h7-13,15-16H,14H2,1-6H3,(H,30,33). The van der Waals surface area contributed by atoms with Crippen molar-refractivity contribution < 1.29 is 9.18 Å². The number of para-hydroxylation sites is 1. The van der Waals surface area contributed by atoms with Crippen LogP contribution < -0.4 is 10.7 Å². The molecule has 1 N–H and O–H groups in total. The Bertz CT molecular complexity index is 1220. The van der Waals surface area contributed by atoms with Crippen molar-refractivity contribution in [3.63, 3.8) is 0 Å². The summed E-state index contributed by atoms with van der Waals surface area (Å²) in [6, 6.07) is 13.1. The van der Waals surface area contributed by atoms with Gasteiger partial charge >= 0.3 is 0 Å². The Balaban J connectivity index is 2.11. The Labute approximate surface area is 199 Å². The molecule has 0 unspecified atom stereocenters. The molecule has 1 aromatic heterocycles. The predicted octanol–water partition coefficient (Wildman–Crippen LogP) is 6.81. The van der Waals surface area contributed by atoms with E-state index in [4.69, 9.17) is 11.6 Å². The molecule has 0 aliphatic heterocycles. The number of nitrogens with zero attached hydrogens (tertiary/aromatic N) is 1. The number of rotatable bonds is 6. The van der Waals surface area contributed by atoms with E-state index in [-0.39, 0.29) is 23.1 Å². The molecular formula is C27H30ClFN2O2. The van der Waals surface area contributed by atoms with Crippen molar-refractivity contribution in [2.75, 3.05) is 5.32 Å². The molecule has 1 amide bonds. The van der Waals surface area contributed by atoms with Crippen LogP contribution in [0.2, 0.25) is 5.02 Å². The molecule has 0 aliphatic carbocycles. The van der Waals surface area contributed by atoms with Crippen LogP contribution in [0, 0.1) is 19.7 Å². The fraction of sp³-hybridized carbons (Fsp3) is 0.333. The lowest BCUT2D eigenvalue weighted by atomic mass is 9.92. The summed E-state index contributed by atoms with van der Waals surface area (Å²) >= 11 is 5.98. The molecule has 3 rings (SSSR count). The Morgan fingerprint density at radius 3 is 2.03 bits per heavy atom. The van der Waals surface area contributed by atoms with E-state index >= 15 is 0 Å². The highest BCUT2D eigenvalue weighted by Crippen LogP contribution is 2.32. The van der Waals surface area contributed by atoms with E-state index in [9.17, 15) is 14.0 Å². The molecule has 2 aromatic carbocycles. The molecule has 4 nitrogen and oxygen atoms in total. The zero-order chi connectivity index (χ0) is 24.4. The number of pyridine rings is 1. The van der Waals surface area contributed by atoms with Gasteiger partial charge in [-0.2, -0.15) is 0 Å². The minimum Gasteiger partial charge on any atom is -0.341 e. The van der Waals surface area contributed by atoms with Crippen molar-refractivity contribution in [3.8, 4) is 0 Å². The molecule has 0 saturated heterocycles. The highest BCUT2D eigenvalue weighted by Gasteiger charge is 2.24. The normalized spacial score (nSPS) is 11.3. The van der Waals surface area contributed by atoms with E-state index in [1.165, 1.54) is 0 Å². The Morgan fingerprint density at radius 2 is 1.52 bits per heavy atom. The number of amides is 1. The first-order valence-electron chi connectivity index (χ1n) is 11.1. The number of nitrogens with one attached hydrogen (secondary N) is 1. The number of carbonyl (C=O) groups excluding carboxylic acids is 1. The summed E-state index contributed by atoms with van der Waals surface area (Å²) in [5.41, 5.74) is 3.06. The number of hydrogen-bond donors (Lipinski definition) is 1. The van der Waals surface area contributed by atoms with Crippen LogP contribution in [0.15, 0.2) is 47.3 Å². The summed E-state index contributed by atoms with van der Waals surface area (Å²) in [6.45, 7) is 11.7. The van der Waals surface area contributed by atoms with Crippen molar-refractivity contribution >= 4 is 23.2 Å². The number of hydrogen-bond acceptors (Lipinski definition) is 2. The van der Waals surface area contributed by atoms with E-state index in [0.29, 0.717) is 22.9 Å². The average molecular weight is 469 g/mol. The van der Waals surface area contributed by atoms with Gasteiger partial charge in [-0.3, -0.25) is 9.59 Å². The summed E-state index contributed by atoms with van der Waals surface area (Å²) in [4.78, 5) is 26.3. The van der Waals surface area contributed by atoms with Crippen LogP contribution in [-0.4, -0.2) is 10.5 Å². The first-order valence-corrected chi connectivity index (χ1v) is 11.5. The van der Waals surface area contributed by atoms with Gasteiger partial charge in [-0.1, -0.05) is 69.6 Å². The quantitative estimate of drug-likeness (QED) is 0.432. The maximum atomic E-state index is 15.0. The predicted molar refractivity (Wildman–Crippen MR) is 133 cm³/mol. The van der Waals surface area contributed by atoms with Crippen LogP contribution in [0.1, 0.15) is 78.0 Å². The van der Waals surface area contributed by atoms with Crippen molar-refractivity contribution in [3.05, 3.63) is 97.2 Å². The lowest BCUT2D eigenvalue weighted by Gasteiger charge is -2.22. The second-order valence-corrected chi connectivity index (χ2v) is 9.41. The summed E-state index contributed by atoms with van der Waals surface area (Å²) in [7, 11) is 0. The van der Waals surface area contributed by atoms with Gasteiger partial charge in [-0.25, -0.2) is 4.39 Å². The fourth-order valence-electron chi connectivity index (χ4n) is 4.09. The molecule has 33 heavy (non-hydrogen) atoms. The lowest BCUT2D eigenvalue weighted by molar-refractivity contribution is 0.102. The van der Waals surface area contributed by atoms with Crippen molar-refractivity contribution in [2.24, 2.45) is 0 Å². The van der Waals surface area contributed by atoms with Crippen LogP contribution in [-0.2, 0) is 6.54 Å². The minimum atomic E-state index is -0.916. The van der Waals surface area contributed by atoms with Crippen molar-refractivity contribution in [1.29, 1.82) is 0 Å². The molecular weight excluding hydrogens is 439 g/mol. The molecule has 174 valence electrons. The van der Waals surface area contributed by atoms with Gasteiger partial charge in [0.15, 0.2) is 5.82 Å². The van der Waals surface area contributed by atoms with E-state index in [1.54, 1.807) is 30.5 Å². The molecule has 0 radical (unpaired) electrons. The Hall–Kier alpha value is -2.92. The van der Waals surface area contributed by atoms with Crippen molar-refractivity contribution in [2.45, 2.75) is 59.9 Å². The Kier molecular flexibility index (Phi) is 7.43. The van der Waals surface area contributed by atoms with Crippen LogP contribution in [0.4, 0.5) is 10.1 Å². The van der Waals surface area contributed by atoms with Gasteiger partial charge in [0.05, 0.1) is 5.69 Å². The second-order valence-electron chi connectivity index (χ2n) is 8.98. The third kappa shape index (κ3) is 5.03. The molecule has 0 atom stereocenters. The van der Waals surface area contributed by atoms with Crippen LogP contribution in [0.25, 0.3) is 0 Å². The van der Waals surface area contributed by atoms with Gasteiger partial charge in [-0.05, 0) is 54.5 Å². The Morgan fingerprint density at radius 1 is 0.970 bits per heavy atom. The van der Waals surface area contributed by atoms with Crippen LogP contribution >= 0.6 is 11.6 Å². The summed E-state index contributed by atoms with van der Waals surface area (Å²) in [5.74, 6) is -1.19. The zero-order valence-electron chi connectivity index (χ0n) is 19.9. The molecule has 3 aromatic rings. The first-order chi connectivity index (χ1) is 15.5. The highest BCUT2D eigenvalue weighted by molar-refractivity contribution is 6.30. The molecule has 1 heterocycles. The van der Waals surface area contributed by atoms with Crippen LogP contribution in [0.3, 0.4) is 0 Å². The maximum absolute atomic E-state index is 15.0. The fourth-order valence-corrected chi connectivity index (χ4v) is 4.22. The number of carbonyl (C=O) groups is 1. The molecule has 0 aliphatic rings. The second kappa shape index (κ2) is 9.92. The van der Waals surface area contributed by atoms with E-state index in [0.717, 1.165) is 16.7 Å². The van der Waals surface area contributed by atoms with Gasteiger partial charge in [0.2, 0.25) is 5.43 Å². The zero-order valence-corrected chi connectivity index (χ0v) is 20.7. The first kappa shape index (κ1) is 24.7. The van der Waals surface area contributed by atoms with Gasteiger partial charge in [0.1, 0.15) is 5.56 Å². The minimum absolute atomic E-state index is 0.163. The van der Waals surface area contributed by atoms with Gasteiger partial charge in [0, 0.05) is 22.9 Å². The molecule has 0 saturated carbocycles. The summed E-state index contributed by atoms with van der Waals surface area (Å²) in [5, 5.41) is 3.55. The summed E-state index contributed by atoms with van der Waals surface area (Å²) < 4.78 is 16.6. The maximum Gasteiger partial charge on any atom is 0.261 e. The molecule has 0 bridgehead atoms. The third-order valence-electron chi connectivity index (χ3n) is 6.01. The van der Waals surface area contributed by atoms with E-state index < -0.39 is 17.2 Å².